The molecule has 1 aliphatic rings. The summed E-state index contributed by atoms with van der Waals surface area (Å²) in [4.78, 5) is 4.41. The molecule has 0 amide bonds. The predicted octanol–water partition coefficient (Wildman–Crippen LogP) is 5.07. The van der Waals surface area contributed by atoms with Crippen molar-refractivity contribution in [3.63, 3.8) is 0 Å². The third kappa shape index (κ3) is 3.11. The van der Waals surface area contributed by atoms with Gasteiger partial charge in [-0.15, -0.1) is 0 Å². The lowest BCUT2D eigenvalue weighted by molar-refractivity contribution is 0.522. The molecule has 2 rings (SSSR count). The second-order valence-corrected chi connectivity index (χ2v) is 5.53. The van der Waals surface area contributed by atoms with Gasteiger partial charge in [-0.2, -0.15) is 0 Å². The van der Waals surface area contributed by atoms with E-state index in [1.807, 2.05) is 0 Å². The number of hydrogen-bond donors (Lipinski definition) is 0. The van der Waals surface area contributed by atoms with Crippen LogP contribution >= 0.6 is 23.2 Å². The minimum Gasteiger partial charge on any atom is -0.258 e. The average Bonchev–Trinajstić information content (AvgIpc) is 3.01. The van der Waals surface area contributed by atoms with Gasteiger partial charge in [-0.3, -0.25) is 4.98 Å². The molecule has 1 heterocycles. The van der Waals surface area contributed by atoms with Crippen LogP contribution in [-0.2, 0) is 0 Å². The summed E-state index contributed by atoms with van der Waals surface area (Å²) in [5.41, 5.74) is 1.04. The Bertz CT molecular complexity index is 361. The minimum atomic E-state index is 0.516. The Kier molecular flexibility index (Phi) is 4.10. The van der Waals surface area contributed by atoms with Gasteiger partial charge in [0.2, 0.25) is 0 Å². The monoisotopic (exact) mass is 257 g/mol. The summed E-state index contributed by atoms with van der Waals surface area (Å²) >= 11 is 12.1. The number of halogens is 2. The highest BCUT2D eigenvalue weighted by Crippen LogP contribution is 2.41. The van der Waals surface area contributed by atoms with Gasteiger partial charge in [0.15, 0.2) is 0 Å². The van der Waals surface area contributed by atoms with Gasteiger partial charge in [-0.1, -0.05) is 49.4 Å². The lowest BCUT2D eigenvalue weighted by atomic mass is 9.93. The normalized spacial score (nSPS) is 17.4. The Labute approximate surface area is 107 Å². The van der Waals surface area contributed by atoms with Crippen molar-refractivity contribution in [3.8, 4) is 0 Å². The molecule has 0 aliphatic heterocycles. The molecular weight excluding hydrogens is 241 g/mol. The Morgan fingerprint density at radius 2 is 2.19 bits per heavy atom. The van der Waals surface area contributed by atoms with Crippen LogP contribution in [0.3, 0.4) is 0 Å². The van der Waals surface area contributed by atoms with Crippen LogP contribution in [0.5, 0.6) is 0 Å². The SMILES string of the molecule is CCCC(CC1CC1)c1ncc(Cl)cc1Cl. The quantitative estimate of drug-likeness (QED) is 0.718. The third-order valence-electron chi connectivity index (χ3n) is 3.17. The first-order chi connectivity index (χ1) is 7.70. The van der Waals surface area contributed by atoms with E-state index in [-0.39, 0.29) is 0 Å². The highest BCUT2D eigenvalue weighted by atomic mass is 35.5. The fraction of sp³-hybridized carbons (Fsp3) is 0.615. The molecule has 0 N–H and O–H groups in total. The molecule has 1 fully saturated rings. The van der Waals surface area contributed by atoms with Crippen LogP contribution < -0.4 is 0 Å². The van der Waals surface area contributed by atoms with Crippen LogP contribution in [0.25, 0.3) is 0 Å². The second kappa shape index (κ2) is 5.37. The van der Waals surface area contributed by atoms with Crippen LogP contribution in [-0.4, -0.2) is 4.98 Å². The predicted molar refractivity (Wildman–Crippen MR) is 69.2 cm³/mol. The Morgan fingerprint density at radius 1 is 1.44 bits per heavy atom. The number of rotatable bonds is 5. The molecule has 1 nitrogen and oxygen atoms in total. The first-order valence-corrected chi connectivity index (χ1v) is 6.77. The number of pyridine rings is 1. The van der Waals surface area contributed by atoms with Crippen molar-refractivity contribution in [2.45, 2.75) is 44.9 Å². The smallest absolute Gasteiger partial charge is 0.0639 e. The molecule has 3 heteroatoms. The van der Waals surface area contributed by atoms with E-state index in [0.717, 1.165) is 16.6 Å². The molecule has 0 aromatic carbocycles. The highest BCUT2D eigenvalue weighted by molar-refractivity contribution is 6.34. The van der Waals surface area contributed by atoms with Crippen molar-refractivity contribution in [1.29, 1.82) is 0 Å². The first-order valence-electron chi connectivity index (χ1n) is 6.01. The zero-order valence-corrected chi connectivity index (χ0v) is 11.1. The molecule has 1 aliphatic carbocycles. The van der Waals surface area contributed by atoms with E-state index in [1.54, 1.807) is 12.3 Å². The number of hydrogen-bond acceptors (Lipinski definition) is 1. The molecule has 1 aromatic rings. The van der Waals surface area contributed by atoms with Gasteiger partial charge >= 0.3 is 0 Å². The van der Waals surface area contributed by atoms with Crippen LogP contribution in [0, 0.1) is 5.92 Å². The van der Waals surface area contributed by atoms with Crippen LogP contribution in [0.4, 0.5) is 0 Å². The topological polar surface area (TPSA) is 12.9 Å². The second-order valence-electron chi connectivity index (χ2n) is 4.69. The first kappa shape index (κ1) is 12.2. The lowest BCUT2D eigenvalue weighted by Crippen LogP contribution is -2.03. The van der Waals surface area contributed by atoms with E-state index in [0.29, 0.717) is 10.9 Å². The molecule has 1 atom stereocenters. The van der Waals surface area contributed by atoms with Gasteiger partial charge < -0.3 is 0 Å². The third-order valence-corrected chi connectivity index (χ3v) is 3.68. The lowest BCUT2D eigenvalue weighted by Gasteiger charge is -2.16. The van der Waals surface area contributed by atoms with Crippen molar-refractivity contribution in [2.75, 3.05) is 0 Å². The van der Waals surface area contributed by atoms with Gasteiger partial charge in [0.25, 0.3) is 0 Å². The summed E-state index contributed by atoms with van der Waals surface area (Å²) in [5.74, 6) is 1.42. The Hall–Kier alpha value is -0.270. The minimum absolute atomic E-state index is 0.516. The fourth-order valence-corrected chi connectivity index (χ4v) is 2.73. The van der Waals surface area contributed by atoms with Gasteiger partial charge in [0, 0.05) is 12.1 Å². The van der Waals surface area contributed by atoms with E-state index >= 15 is 0 Å². The van der Waals surface area contributed by atoms with E-state index in [1.165, 1.54) is 32.1 Å². The van der Waals surface area contributed by atoms with E-state index in [9.17, 15) is 0 Å². The van der Waals surface area contributed by atoms with Gasteiger partial charge in [0.05, 0.1) is 15.7 Å². The molecule has 1 aromatic heterocycles. The molecule has 16 heavy (non-hydrogen) atoms. The Balaban J connectivity index is 2.15. The Morgan fingerprint density at radius 3 is 2.75 bits per heavy atom. The van der Waals surface area contributed by atoms with Crippen LogP contribution in [0.1, 0.15) is 50.6 Å². The standard InChI is InChI=1S/C13H17Cl2N/c1-2-3-10(6-9-4-5-9)13-12(15)7-11(14)8-16-13/h7-10H,2-6H2,1H3. The van der Waals surface area contributed by atoms with Crippen LogP contribution in [0.15, 0.2) is 12.3 Å². The average molecular weight is 258 g/mol. The van der Waals surface area contributed by atoms with Crippen molar-refractivity contribution in [2.24, 2.45) is 5.92 Å². The summed E-state index contributed by atoms with van der Waals surface area (Å²) in [6, 6.07) is 1.81. The molecule has 1 unspecified atom stereocenters. The maximum atomic E-state index is 6.22. The largest absolute Gasteiger partial charge is 0.258 e. The number of nitrogens with zero attached hydrogens (tertiary/aromatic N) is 1. The van der Waals surface area contributed by atoms with Crippen molar-refractivity contribution < 1.29 is 0 Å². The molecule has 0 radical (unpaired) electrons. The summed E-state index contributed by atoms with van der Waals surface area (Å²) in [6.07, 6.45) is 8.06. The number of aromatic nitrogens is 1. The maximum absolute atomic E-state index is 6.22. The van der Waals surface area contributed by atoms with Crippen LogP contribution in [0.2, 0.25) is 10.0 Å². The maximum Gasteiger partial charge on any atom is 0.0639 e. The van der Waals surface area contributed by atoms with Crippen molar-refractivity contribution >= 4 is 23.2 Å². The van der Waals surface area contributed by atoms with E-state index in [2.05, 4.69) is 11.9 Å². The summed E-state index contributed by atoms with van der Waals surface area (Å²) in [7, 11) is 0. The zero-order chi connectivity index (χ0) is 11.5. The molecule has 88 valence electrons. The summed E-state index contributed by atoms with van der Waals surface area (Å²) in [6.45, 7) is 2.21. The van der Waals surface area contributed by atoms with E-state index in [4.69, 9.17) is 23.2 Å². The van der Waals surface area contributed by atoms with Gasteiger partial charge in [-0.05, 0) is 24.8 Å². The van der Waals surface area contributed by atoms with E-state index < -0.39 is 0 Å². The van der Waals surface area contributed by atoms with Crippen molar-refractivity contribution in [3.05, 3.63) is 28.0 Å². The molecule has 0 bridgehead atoms. The molecule has 0 spiro atoms. The fourth-order valence-electron chi connectivity index (χ4n) is 2.20. The molecular formula is C13H17Cl2N. The molecule has 1 saturated carbocycles. The zero-order valence-electron chi connectivity index (χ0n) is 9.55. The van der Waals surface area contributed by atoms with Gasteiger partial charge in [-0.25, -0.2) is 0 Å². The highest BCUT2D eigenvalue weighted by Gasteiger charge is 2.27. The summed E-state index contributed by atoms with van der Waals surface area (Å²) in [5, 5.41) is 1.35. The van der Waals surface area contributed by atoms with Gasteiger partial charge in [0.1, 0.15) is 0 Å². The summed E-state index contributed by atoms with van der Waals surface area (Å²) < 4.78 is 0. The molecule has 0 saturated heterocycles. The van der Waals surface area contributed by atoms with Crippen molar-refractivity contribution in [1.82, 2.24) is 4.98 Å².